The second kappa shape index (κ2) is 11.3. The molecule has 8 aromatic rings. The molecule has 0 aliphatic rings. The zero-order valence-corrected chi connectivity index (χ0v) is 25.0. The summed E-state index contributed by atoms with van der Waals surface area (Å²) in [5, 5.41) is 4.82. The lowest BCUT2D eigenvalue weighted by molar-refractivity contribution is 1.19. The van der Waals surface area contributed by atoms with E-state index in [0.29, 0.717) is 0 Å². The normalized spacial score (nSPS) is 11.2. The molecule has 2 nitrogen and oxygen atoms in total. The number of benzene rings is 6. The molecule has 0 bridgehead atoms. The van der Waals surface area contributed by atoms with Crippen molar-refractivity contribution >= 4 is 21.5 Å². The lowest BCUT2D eigenvalue weighted by Crippen LogP contribution is -1.94. The minimum Gasteiger partial charge on any atom is -0.261 e. The topological polar surface area (TPSA) is 25.8 Å². The summed E-state index contributed by atoms with van der Waals surface area (Å²) < 4.78 is 0. The Balaban J connectivity index is 1.42. The van der Waals surface area contributed by atoms with Crippen LogP contribution in [0.15, 0.2) is 164 Å². The monoisotopic (exact) mass is 574 g/mol. The summed E-state index contributed by atoms with van der Waals surface area (Å²) in [5.41, 5.74) is 12.0. The molecule has 2 heteroatoms. The Morgan fingerprint density at radius 2 is 1.02 bits per heavy atom. The van der Waals surface area contributed by atoms with Gasteiger partial charge in [-0.3, -0.25) is 4.98 Å². The highest BCUT2D eigenvalue weighted by atomic mass is 14.7. The number of hydrogen-bond acceptors (Lipinski definition) is 2. The molecule has 2 aromatic heterocycles. The minimum absolute atomic E-state index is 0.909. The van der Waals surface area contributed by atoms with Crippen LogP contribution in [0.2, 0.25) is 0 Å². The van der Waals surface area contributed by atoms with E-state index in [0.717, 1.165) is 39.3 Å². The molecular weight excluding hydrogens is 544 g/mol. The van der Waals surface area contributed by atoms with E-state index in [9.17, 15) is 0 Å². The van der Waals surface area contributed by atoms with Crippen molar-refractivity contribution in [3.63, 3.8) is 0 Å². The zero-order valence-electron chi connectivity index (χ0n) is 25.0. The van der Waals surface area contributed by atoms with Crippen LogP contribution >= 0.6 is 0 Å². The van der Waals surface area contributed by atoms with Gasteiger partial charge in [0.25, 0.3) is 0 Å². The predicted octanol–water partition coefficient (Wildman–Crippen LogP) is 11.4. The number of hydrogen-bond donors (Lipinski definition) is 0. The Morgan fingerprint density at radius 3 is 1.69 bits per heavy atom. The van der Waals surface area contributed by atoms with Crippen LogP contribution in [0.5, 0.6) is 0 Å². The third-order valence-corrected chi connectivity index (χ3v) is 8.56. The molecule has 0 atom stereocenters. The van der Waals surface area contributed by atoms with Crippen LogP contribution in [0.3, 0.4) is 0 Å². The lowest BCUT2D eigenvalue weighted by Gasteiger charge is -2.17. The van der Waals surface area contributed by atoms with E-state index in [-0.39, 0.29) is 0 Å². The molecule has 0 N–H and O–H groups in total. The molecule has 2 heterocycles. The molecule has 8 rings (SSSR count). The number of aryl methyl sites for hydroxylation is 1. The number of nitrogens with zero attached hydrogens (tertiary/aromatic N) is 2. The summed E-state index contributed by atoms with van der Waals surface area (Å²) in [4.78, 5) is 9.82. The van der Waals surface area contributed by atoms with Gasteiger partial charge in [0.05, 0.1) is 11.4 Å². The molecule has 0 aliphatic carbocycles. The molecule has 0 saturated carbocycles. The Morgan fingerprint density at radius 1 is 0.400 bits per heavy atom. The van der Waals surface area contributed by atoms with Crippen molar-refractivity contribution in [1.82, 2.24) is 9.97 Å². The largest absolute Gasteiger partial charge is 0.261 e. The molecule has 6 aromatic carbocycles. The quantitative estimate of drug-likeness (QED) is 0.191. The fourth-order valence-corrected chi connectivity index (χ4v) is 6.26. The van der Waals surface area contributed by atoms with Crippen molar-refractivity contribution in [2.75, 3.05) is 0 Å². The van der Waals surface area contributed by atoms with E-state index in [1.807, 2.05) is 19.2 Å². The van der Waals surface area contributed by atoms with Crippen molar-refractivity contribution in [1.29, 1.82) is 0 Å². The van der Waals surface area contributed by atoms with E-state index in [2.05, 4.69) is 157 Å². The van der Waals surface area contributed by atoms with Gasteiger partial charge in [-0.2, -0.15) is 0 Å². The summed E-state index contributed by atoms with van der Waals surface area (Å²) in [7, 11) is 0. The first-order valence-corrected chi connectivity index (χ1v) is 15.3. The average Bonchev–Trinajstić information content (AvgIpc) is 3.11. The van der Waals surface area contributed by atoms with Crippen molar-refractivity contribution in [2.24, 2.45) is 0 Å². The first kappa shape index (κ1) is 26.7. The molecular formula is C43H30N2. The number of fused-ring (bicyclic) bond motifs is 2. The van der Waals surface area contributed by atoms with Crippen molar-refractivity contribution in [2.45, 2.75) is 6.92 Å². The summed E-state index contributed by atoms with van der Waals surface area (Å²) in [6, 6.07) is 56.4. The average molecular weight is 575 g/mol. The van der Waals surface area contributed by atoms with Gasteiger partial charge >= 0.3 is 0 Å². The van der Waals surface area contributed by atoms with Gasteiger partial charge in [-0.1, -0.05) is 103 Å². The van der Waals surface area contributed by atoms with Gasteiger partial charge in [0, 0.05) is 23.0 Å². The Bertz CT molecular complexity index is 2250. The molecule has 0 amide bonds. The Hall–Kier alpha value is -5.86. The maximum atomic E-state index is 5.28. The molecule has 0 fully saturated rings. The molecule has 0 spiro atoms. The summed E-state index contributed by atoms with van der Waals surface area (Å²) in [6.45, 7) is 2.01. The number of rotatable bonds is 5. The van der Waals surface area contributed by atoms with E-state index in [1.54, 1.807) is 0 Å². The first-order valence-electron chi connectivity index (χ1n) is 15.3. The summed E-state index contributed by atoms with van der Waals surface area (Å²) in [6.07, 6.45) is 1.91. The lowest BCUT2D eigenvalue weighted by atomic mass is 9.87. The van der Waals surface area contributed by atoms with Crippen molar-refractivity contribution in [3.05, 3.63) is 170 Å². The van der Waals surface area contributed by atoms with Crippen LogP contribution in [-0.4, -0.2) is 9.97 Å². The SMILES string of the molecule is Cc1ccc(-c2cccc(-c3c(-c4cc(-c5ccccc5)cc(-c5ccccc5)c4)ccc4cc5ccccc5cc34)n2)cn1. The summed E-state index contributed by atoms with van der Waals surface area (Å²) >= 11 is 0. The Kier molecular flexibility index (Phi) is 6.73. The highest BCUT2D eigenvalue weighted by molar-refractivity contribution is 6.09. The second-order valence-corrected chi connectivity index (χ2v) is 11.5. The molecule has 0 unspecified atom stereocenters. The molecule has 0 saturated heterocycles. The molecule has 45 heavy (non-hydrogen) atoms. The van der Waals surface area contributed by atoms with Crippen LogP contribution in [0, 0.1) is 6.92 Å². The van der Waals surface area contributed by atoms with E-state index in [1.165, 1.54) is 43.8 Å². The van der Waals surface area contributed by atoms with Gasteiger partial charge in [0.1, 0.15) is 0 Å². The van der Waals surface area contributed by atoms with Gasteiger partial charge in [-0.15, -0.1) is 0 Å². The van der Waals surface area contributed by atoms with Gasteiger partial charge in [-0.05, 0) is 116 Å². The van der Waals surface area contributed by atoms with Crippen LogP contribution in [0.1, 0.15) is 5.69 Å². The summed E-state index contributed by atoms with van der Waals surface area (Å²) in [5.74, 6) is 0. The van der Waals surface area contributed by atoms with E-state index < -0.39 is 0 Å². The number of pyridine rings is 2. The zero-order chi connectivity index (χ0) is 30.2. The van der Waals surface area contributed by atoms with Gasteiger partial charge in [-0.25, -0.2) is 4.98 Å². The number of aromatic nitrogens is 2. The fourth-order valence-electron chi connectivity index (χ4n) is 6.26. The molecule has 0 radical (unpaired) electrons. The van der Waals surface area contributed by atoms with Gasteiger partial charge < -0.3 is 0 Å². The van der Waals surface area contributed by atoms with Crippen LogP contribution in [-0.2, 0) is 0 Å². The van der Waals surface area contributed by atoms with Crippen molar-refractivity contribution in [3.8, 4) is 55.9 Å². The molecule has 212 valence electrons. The second-order valence-electron chi connectivity index (χ2n) is 11.5. The molecule has 0 aliphatic heterocycles. The van der Waals surface area contributed by atoms with E-state index in [4.69, 9.17) is 4.98 Å². The Labute approximate surface area is 263 Å². The third-order valence-electron chi connectivity index (χ3n) is 8.56. The minimum atomic E-state index is 0.909. The first-order chi connectivity index (χ1) is 22.2. The van der Waals surface area contributed by atoms with Gasteiger partial charge in [0.2, 0.25) is 0 Å². The highest BCUT2D eigenvalue weighted by Gasteiger charge is 2.17. The van der Waals surface area contributed by atoms with E-state index >= 15 is 0 Å². The van der Waals surface area contributed by atoms with Crippen LogP contribution in [0.4, 0.5) is 0 Å². The van der Waals surface area contributed by atoms with Gasteiger partial charge in [0.15, 0.2) is 0 Å². The third kappa shape index (κ3) is 5.17. The standard InChI is InChI=1S/C43H30N2/c1-29-19-20-35(28-44-29)41-17-10-18-42(45-41)43-39(22-21-34-23-32-15-8-9-16-33(32)27-40(34)43)38-25-36(30-11-4-2-5-12-30)24-37(26-38)31-13-6-3-7-14-31/h2-28H,1H3. The van der Waals surface area contributed by atoms with Crippen LogP contribution < -0.4 is 0 Å². The smallest absolute Gasteiger partial charge is 0.0725 e. The predicted molar refractivity (Wildman–Crippen MR) is 189 cm³/mol. The fraction of sp³-hybridized carbons (Fsp3) is 0.0233. The maximum absolute atomic E-state index is 5.28. The highest BCUT2D eigenvalue weighted by Crippen LogP contribution is 2.42. The maximum Gasteiger partial charge on any atom is 0.0725 e. The van der Waals surface area contributed by atoms with Crippen molar-refractivity contribution < 1.29 is 0 Å². The van der Waals surface area contributed by atoms with Crippen LogP contribution in [0.25, 0.3) is 77.4 Å².